The summed E-state index contributed by atoms with van der Waals surface area (Å²) in [7, 11) is 0. The Morgan fingerprint density at radius 2 is 1.94 bits per heavy atom. The van der Waals surface area contributed by atoms with Crippen LogP contribution in [0.1, 0.15) is 23.7 Å². The number of hydrogen-bond donors (Lipinski definition) is 1. The van der Waals surface area contributed by atoms with Crippen LogP contribution >= 0.6 is 11.3 Å². The van der Waals surface area contributed by atoms with Crippen LogP contribution in [0.5, 0.6) is 0 Å². The van der Waals surface area contributed by atoms with Crippen molar-refractivity contribution in [3.63, 3.8) is 0 Å². The van der Waals surface area contributed by atoms with Crippen LogP contribution in [0.4, 0.5) is 4.39 Å². The lowest BCUT2D eigenvalue weighted by Gasteiger charge is -2.13. The van der Waals surface area contributed by atoms with Crippen molar-refractivity contribution in [1.29, 1.82) is 0 Å². The third-order valence-electron chi connectivity index (χ3n) is 2.48. The van der Waals surface area contributed by atoms with Gasteiger partial charge in [-0.1, -0.05) is 12.1 Å². The molecule has 0 aliphatic heterocycles. The summed E-state index contributed by atoms with van der Waals surface area (Å²) in [5.74, 6) is -0.248. The summed E-state index contributed by atoms with van der Waals surface area (Å²) in [5.41, 5.74) is 6.76. The van der Waals surface area contributed by atoms with Gasteiger partial charge in [-0.2, -0.15) is 0 Å². The second-order valence-electron chi connectivity index (χ2n) is 4.63. The van der Waals surface area contributed by atoms with Crippen molar-refractivity contribution in [3.8, 4) is 11.3 Å². The van der Waals surface area contributed by atoms with Gasteiger partial charge in [0.15, 0.2) is 0 Å². The van der Waals surface area contributed by atoms with Crippen LogP contribution in [-0.4, -0.2) is 4.98 Å². The molecule has 4 heteroatoms. The molecule has 1 aromatic carbocycles. The summed E-state index contributed by atoms with van der Waals surface area (Å²) < 4.78 is 13.7. The zero-order valence-electron chi connectivity index (χ0n) is 10.1. The molecule has 0 bridgehead atoms. The Hall–Kier alpha value is -1.26. The molecule has 2 aromatic rings. The lowest BCUT2D eigenvalue weighted by Crippen LogP contribution is -2.28. The SMILES string of the molecule is Cc1sc(C(C)(C)N)nc1-c1ccccc1F. The van der Waals surface area contributed by atoms with Gasteiger partial charge in [-0.15, -0.1) is 11.3 Å². The number of rotatable bonds is 2. The highest BCUT2D eigenvalue weighted by Crippen LogP contribution is 2.32. The molecule has 17 heavy (non-hydrogen) atoms. The highest BCUT2D eigenvalue weighted by atomic mass is 32.1. The molecular weight excluding hydrogens is 235 g/mol. The van der Waals surface area contributed by atoms with E-state index >= 15 is 0 Å². The molecule has 90 valence electrons. The van der Waals surface area contributed by atoms with Crippen LogP contribution in [-0.2, 0) is 5.54 Å². The summed E-state index contributed by atoms with van der Waals surface area (Å²) >= 11 is 1.52. The molecule has 1 heterocycles. The van der Waals surface area contributed by atoms with E-state index in [1.165, 1.54) is 17.4 Å². The minimum absolute atomic E-state index is 0.248. The van der Waals surface area contributed by atoms with Gasteiger partial charge in [-0.3, -0.25) is 0 Å². The summed E-state index contributed by atoms with van der Waals surface area (Å²) in [4.78, 5) is 5.46. The largest absolute Gasteiger partial charge is 0.320 e. The fourth-order valence-electron chi connectivity index (χ4n) is 1.58. The van der Waals surface area contributed by atoms with Gasteiger partial charge in [-0.25, -0.2) is 9.37 Å². The Balaban J connectivity index is 2.55. The number of thiazole rings is 1. The molecule has 0 aliphatic carbocycles. The Bertz CT molecular complexity index is 541. The third-order valence-corrected chi connectivity index (χ3v) is 3.79. The van der Waals surface area contributed by atoms with Crippen LogP contribution in [0.3, 0.4) is 0 Å². The van der Waals surface area contributed by atoms with E-state index in [2.05, 4.69) is 4.98 Å². The first kappa shape index (κ1) is 12.2. The maximum absolute atomic E-state index is 13.7. The number of nitrogens with zero attached hydrogens (tertiary/aromatic N) is 1. The van der Waals surface area contributed by atoms with Crippen molar-refractivity contribution in [3.05, 3.63) is 40.0 Å². The zero-order valence-corrected chi connectivity index (χ0v) is 10.9. The number of halogens is 1. The number of hydrogen-bond acceptors (Lipinski definition) is 3. The highest BCUT2D eigenvalue weighted by molar-refractivity contribution is 7.12. The van der Waals surface area contributed by atoms with Crippen molar-refractivity contribution in [1.82, 2.24) is 4.98 Å². The summed E-state index contributed by atoms with van der Waals surface area (Å²) in [6.45, 7) is 5.74. The first-order chi connectivity index (χ1) is 7.89. The second kappa shape index (κ2) is 4.20. The van der Waals surface area contributed by atoms with E-state index in [1.807, 2.05) is 26.8 Å². The quantitative estimate of drug-likeness (QED) is 0.886. The van der Waals surface area contributed by atoms with E-state index < -0.39 is 5.54 Å². The smallest absolute Gasteiger partial charge is 0.132 e. The first-order valence-corrected chi connectivity index (χ1v) is 6.23. The zero-order chi connectivity index (χ0) is 12.6. The molecule has 0 aliphatic rings. The molecular formula is C13H15FN2S. The normalized spacial score (nSPS) is 11.8. The Morgan fingerprint density at radius 3 is 2.47 bits per heavy atom. The molecule has 0 amide bonds. The van der Waals surface area contributed by atoms with Gasteiger partial charge in [-0.05, 0) is 32.9 Å². The van der Waals surface area contributed by atoms with Crippen molar-refractivity contribution in [2.24, 2.45) is 5.73 Å². The predicted octanol–water partition coefficient (Wildman–Crippen LogP) is 3.45. The average Bonchev–Trinajstić information content (AvgIpc) is 2.61. The molecule has 2 rings (SSSR count). The Labute approximate surface area is 104 Å². The van der Waals surface area contributed by atoms with E-state index in [4.69, 9.17) is 5.73 Å². The van der Waals surface area contributed by atoms with E-state index in [1.54, 1.807) is 12.1 Å². The molecule has 2 N–H and O–H groups in total. The second-order valence-corrected chi connectivity index (χ2v) is 5.83. The van der Waals surface area contributed by atoms with Crippen LogP contribution in [0.25, 0.3) is 11.3 Å². The Morgan fingerprint density at radius 1 is 1.29 bits per heavy atom. The van der Waals surface area contributed by atoms with Gasteiger partial charge in [0.1, 0.15) is 10.8 Å². The minimum atomic E-state index is -0.487. The molecule has 0 saturated heterocycles. The van der Waals surface area contributed by atoms with E-state index in [0.29, 0.717) is 11.3 Å². The summed E-state index contributed by atoms with van der Waals surface area (Å²) in [5, 5.41) is 0.827. The molecule has 0 radical (unpaired) electrons. The molecule has 0 fully saturated rings. The molecule has 0 atom stereocenters. The van der Waals surface area contributed by atoms with Crippen LogP contribution in [0, 0.1) is 12.7 Å². The van der Waals surface area contributed by atoms with Gasteiger partial charge in [0.2, 0.25) is 0 Å². The number of aromatic nitrogens is 1. The molecule has 2 nitrogen and oxygen atoms in total. The molecule has 0 saturated carbocycles. The first-order valence-electron chi connectivity index (χ1n) is 5.41. The highest BCUT2D eigenvalue weighted by Gasteiger charge is 2.22. The van der Waals surface area contributed by atoms with Gasteiger partial charge < -0.3 is 5.73 Å². The van der Waals surface area contributed by atoms with Gasteiger partial charge in [0.05, 0.1) is 11.2 Å². The van der Waals surface area contributed by atoms with Crippen molar-refractivity contribution in [2.45, 2.75) is 26.3 Å². The van der Waals surface area contributed by atoms with Crippen LogP contribution in [0.15, 0.2) is 24.3 Å². The third kappa shape index (κ3) is 2.37. The van der Waals surface area contributed by atoms with Crippen molar-refractivity contribution in [2.75, 3.05) is 0 Å². The average molecular weight is 250 g/mol. The standard InChI is InChI=1S/C13H15FN2S/c1-8-11(9-6-4-5-7-10(9)14)16-12(17-8)13(2,3)15/h4-7H,15H2,1-3H3. The van der Waals surface area contributed by atoms with Crippen molar-refractivity contribution < 1.29 is 4.39 Å². The van der Waals surface area contributed by atoms with Crippen LogP contribution in [0.2, 0.25) is 0 Å². The molecule has 0 unspecified atom stereocenters. The van der Waals surface area contributed by atoms with Gasteiger partial charge in [0, 0.05) is 10.4 Å². The van der Waals surface area contributed by atoms with Crippen LogP contribution < -0.4 is 5.73 Å². The maximum Gasteiger partial charge on any atom is 0.132 e. The topological polar surface area (TPSA) is 38.9 Å². The fraction of sp³-hybridized carbons (Fsp3) is 0.308. The number of nitrogens with two attached hydrogens (primary N) is 1. The molecule has 1 aromatic heterocycles. The summed E-state index contributed by atoms with van der Waals surface area (Å²) in [6.07, 6.45) is 0. The van der Waals surface area contributed by atoms with Crippen molar-refractivity contribution >= 4 is 11.3 Å². The lowest BCUT2D eigenvalue weighted by molar-refractivity contribution is 0.550. The lowest BCUT2D eigenvalue weighted by atomic mass is 10.1. The predicted molar refractivity (Wildman–Crippen MR) is 69.5 cm³/mol. The Kier molecular flexibility index (Phi) is 3.02. The fourth-order valence-corrected chi connectivity index (χ4v) is 2.52. The molecule has 0 spiro atoms. The minimum Gasteiger partial charge on any atom is -0.320 e. The monoisotopic (exact) mass is 250 g/mol. The number of benzene rings is 1. The number of aryl methyl sites for hydroxylation is 1. The summed E-state index contributed by atoms with van der Waals surface area (Å²) in [6, 6.07) is 6.67. The van der Waals surface area contributed by atoms with Gasteiger partial charge >= 0.3 is 0 Å². The van der Waals surface area contributed by atoms with E-state index in [9.17, 15) is 4.39 Å². The maximum atomic E-state index is 13.7. The van der Waals surface area contributed by atoms with Gasteiger partial charge in [0.25, 0.3) is 0 Å². The van der Waals surface area contributed by atoms with E-state index in [0.717, 1.165) is 9.88 Å². The van der Waals surface area contributed by atoms with E-state index in [-0.39, 0.29) is 5.82 Å².